The summed E-state index contributed by atoms with van der Waals surface area (Å²) >= 11 is 1.73. The van der Waals surface area contributed by atoms with Crippen LogP contribution in [0.3, 0.4) is 0 Å². The largest absolute Gasteiger partial charge is 0.315 e. The first-order chi connectivity index (χ1) is 6.61. The molecule has 0 spiro atoms. The Morgan fingerprint density at radius 2 is 2.36 bits per heavy atom. The second-order valence-corrected chi connectivity index (χ2v) is 6.94. The van der Waals surface area contributed by atoms with E-state index < -0.39 is 9.84 Å². The van der Waals surface area contributed by atoms with Gasteiger partial charge in [-0.25, -0.2) is 8.42 Å². The van der Waals surface area contributed by atoms with Gasteiger partial charge in [0.1, 0.15) is 0 Å². The molecule has 1 aliphatic heterocycles. The lowest BCUT2D eigenvalue weighted by atomic mass is 10.2. The van der Waals surface area contributed by atoms with Crippen molar-refractivity contribution < 1.29 is 8.42 Å². The normalized spacial score (nSPS) is 19.2. The van der Waals surface area contributed by atoms with Crippen LogP contribution in [0.2, 0.25) is 0 Å². The molecule has 78 valence electrons. The third kappa shape index (κ3) is 1.99. The second kappa shape index (κ2) is 3.64. The smallest absolute Gasteiger partial charge is 0.154 e. The lowest BCUT2D eigenvalue weighted by molar-refractivity contribution is 0.592. The van der Waals surface area contributed by atoms with Crippen LogP contribution in [-0.4, -0.2) is 21.2 Å². The molecule has 0 aromatic carbocycles. The summed E-state index contributed by atoms with van der Waals surface area (Å²) in [4.78, 5) is 2.49. The molecule has 1 aromatic rings. The molecule has 0 aliphatic carbocycles. The van der Waals surface area contributed by atoms with Crippen LogP contribution in [0.1, 0.15) is 15.3 Å². The van der Waals surface area contributed by atoms with Crippen molar-refractivity contribution in [1.82, 2.24) is 5.32 Å². The van der Waals surface area contributed by atoms with Gasteiger partial charge in [-0.05, 0) is 25.1 Å². The Morgan fingerprint density at radius 3 is 3.07 bits per heavy atom. The molecule has 0 fully saturated rings. The highest BCUT2D eigenvalue weighted by atomic mass is 32.2. The molecule has 0 saturated heterocycles. The molecule has 1 aromatic heterocycles. The van der Waals surface area contributed by atoms with E-state index in [2.05, 4.69) is 5.32 Å². The van der Waals surface area contributed by atoms with Gasteiger partial charge < -0.3 is 5.32 Å². The van der Waals surface area contributed by atoms with E-state index >= 15 is 0 Å². The number of nitrogens with one attached hydrogen (secondary N) is 1. The Kier molecular flexibility index (Phi) is 2.64. The fourth-order valence-corrected chi connectivity index (χ4v) is 4.49. The molecule has 1 aliphatic rings. The van der Waals surface area contributed by atoms with Gasteiger partial charge in [0, 0.05) is 16.3 Å². The maximum absolute atomic E-state index is 11.4. The second-order valence-electron chi connectivity index (χ2n) is 3.53. The monoisotopic (exact) mass is 231 g/mol. The van der Waals surface area contributed by atoms with Gasteiger partial charge in [-0.1, -0.05) is 0 Å². The molecule has 2 heterocycles. The van der Waals surface area contributed by atoms with E-state index in [0.29, 0.717) is 12.2 Å². The molecule has 5 heteroatoms. The van der Waals surface area contributed by atoms with E-state index in [1.807, 2.05) is 13.1 Å². The molecule has 2 rings (SSSR count). The van der Waals surface area contributed by atoms with Crippen LogP contribution < -0.4 is 5.32 Å². The van der Waals surface area contributed by atoms with Crippen LogP contribution in [-0.2, 0) is 28.6 Å². The van der Waals surface area contributed by atoms with Gasteiger partial charge in [-0.15, -0.1) is 11.3 Å². The van der Waals surface area contributed by atoms with Crippen LogP contribution >= 0.6 is 11.3 Å². The highest BCUT2D eigenvalue weighted by molar-refractivity contribution is 7.90. The van der Waals surface area contributed by atoms with Gasteiger partial charge in [0.2, 0.25) is 0 Å². The molecule has 0 amide bonds. The fourth-order valence-electron chi connectivity index (χ4n) is 1.68. The van der Waals surface area contributed by atoms with Gasteiger partial charge in [0.05, 0.1) is 11.5 Å². The average Bonchev–Trinajstić information content (AvgIpc) is 2.45. The summed E-state index contributed by atoms with van der Waals surface area (Å²) in [6.07, 6.45) is 0.700. The summed E-state index contributed by atoms with van der Waals surface area (Å²) in [6, 6.07) is 2.02. The minimum absolute atomic E-state index is 0.239. The Labute approximate surface area is 88.1 Å². The van der Waals surface area contributed by atoms with Crippen molar-refractivity contribution in [3.8, 4) is 0 Å². The number of aryl methyl sites for hydroxylation is 1. The van der Waals surface area contributed by atoms with Crippen LogP contribution in [0.15, 0.2) is 6.07 Å². The molecular formula is C9H13NO2S2. The Bertz CT molecular complexity index is 434. The van der Waals surface area contributed by atoms with Crippen molar-refractivity contribution in [3.63, 3.8) is 0 Å². The number of hydrogen-bond acceptors (Lipinski definition) is 4. The highest BCUT2D eigenvalue weighted by Crippen LogP contribution is 2.29. The Hall–Kier alpha value is -0.390. The molecule has 0 unspecified atom stereocenters. The standard InChI is InChI=1S/C9H13NO2S2/c1-10-5-8-4-7-6-14(11,12)3-2-9(7)13-8/h4,10H,2-3,5-6H2,1H3. The zero-order valence-corrected chi connectivity index (χ0v) is 9.67. The van der Waals surface area contributed by atoms with Crippen molar-refractivity contribution in [2.24, 2.45) is 0 Å². The summed E-state index contributed by atoms with van der Waals surface area (Å²) in [7, 11) is -0.913. The highest BCUT2D eigenvalue weighted by Gasteiger charge is 2.23. The van der Waals surface area contributed by atoms with Gasteiger partial charge in [0.25, 0.3) is 0 Å². The van der Waals surface area contributed by atoms with Gasteiger partial charge >= 0.3 is 0 Å². The molecule has 0 atom stereocenters. The first-order valence-corrected chi connectivity index (χ1v) is 7.20. The van der Waals surface area contributed by atoms with Crippen LogP contribution in [0.5, 0.6) is 0 Å². The first kappa shape index (κ1) is 10.1. The van der Waals surface area contributed by atoms with Crippen molar-refractivity contribution in [2.45, 2.75) is 18.7 Å². The third-order valence-corrected chi connectivity index (χ3v) is 5.13. The van der Waals surface area contributed by atoms with Crippen LogP contribution in [0.25, 0.3) is 0 Å². The summed E-state index contributed by atoms with van der Waals surface area (Å²) in [5.41, 5.74) is 1.02. The van der Waals surface area contributed by atoms with Crippen molar-refractivity contribution in [1.29, 1.82) is 0 Å². The number of rotatable bonds is 2. The number of hydrogen-bond donors (Lipinski definition) is 1. The van der Waals surface area contributed by atoms with E-state index in [0.717, 1.165) is 12.1 Å². The molecule has 3 nitrogen and oxygen atoms in total. The quantitative estimate of drug-likeness (QED) is 0.824. The predicted octanol–water partition coefficient (Wildman–Crippen LogP) is 0.938. The van der Waals surface area contributed by atoms with Gasteiger partial charge in [0.15, 0.2) is 9.84 Å². The number of sulfone groups is 1. The minimum atomic E-state index is -2.81. The lowest BCUT2D eigenvalue weighted by Crippen LogP contribution is -2.16. The van der Waals surface area contributed by atoms with Crippen LogP contribution in [0.4, 0.5) is 0 Å². The molecule has 0 saturated carbocycles. The predicted molar refractivity (Wildman–Crippen MR) is 58.3 cm³/mol. The summed E-state index contributed by atoms with van der Waals surface area (Å²) in [5.74, 6) is 0.558. The fraction of sp³-hybridized carbons (Fsp3) is 0.556. The SMILES string of the molecule is CNCc1cc2c(s1)CCS(=O)(=O)C2. The van der Waals surface area contributed by atoms with E-state index in [-0.39, 0.29) is 5.75 Å². The lowest BCUT2D eigenvalue weighted by Gasteiger charge is -2.10. The molecule has 1 N–H and O–H groups in total. The topological polar surface area (TPSA) is 46.2 Å². The minimum Gasteiger partial charge on any atom is -0.315 e. The maximum atomic E-state index is 11.4. The zero-order chi connectivity index (χ0) is 10.2. The van der Waals surface area contributed by atoms with Crippen molar-refractivity contribution in [3.05, 3.63) is 21.4 Å². The van der Waals surface area contributed by atoms with E-state index in [4.69, 9.17) is 0 Å². The van der Waals surface area contributed by atoms with Crippen molar-refractivity contribution >= 4 is 21.2 Å². The van der Waals surface area contributed by atoms with Gasteiger partial charge in [-0.3, -0.25) is 0 Å². The zero-order valence-electron chi connectivity index (χ0n) is 8.04. The Balaban J connectivity index is 2.30. The van der Waals surface area contributed by atoms with Crippen LogP contribution in [0, 0.1) is 0 Å². The number of fused-ring (bicyclic) bond motifs is 1. The van der Waals surface area contributed by atoms with E-state index in [1.165, 1.54) is 9.75 Å². The Morgan fingerprint density at radius 1 is 1.57 bits per heavy atom. The van der Waals surface area contributed by atoms with Crippen molar-refractivity contribution in [2.75, 3.05) is 12.8 Å². The third-order valence-electron chi connectivity index (χ3n) is 2.31. The molecule has 0 bridgehead atoms. The molecular weight excluding hydrogens is 218 g/mol. The maximum Gasteiger partial charge on any atom is 0.154 e. The molecule has 0 radical (unpaired) electrons. The summed E-state index contributed by atoms with van der Waals surface area (Å²) in [5, 5.41) is 3.07. The average molecular weight is 231 g/mol. The summed E-state index contributed by atoms with van der Waals surface area (Å²) < 4.78 is 22.7. The number of thiophene rings is 1. The van der Waals surface area contributed by atoms with E-state index in [9.17, 15) is 8.42 Å². The molecule has 14 heavy (non-hydrogen) atoms. The summed E-state index contributed by atoms with van der Waals surface area (Å²) in [6.45, 7) is 0.831. The first-order valence-electron chi connectivity index (χ1n) is 4.56. The van der Waals surface area contributed by atoms with E-state index in [1.54, 1.807) is 11.3 Å². The van der Waals surface area contributed by atoms with Gasteiger partial charge in [-0.2, -0.15) is 0 Å².